The van der Waals surface area contributed by atoms with Crippen molar-refractivity contribution in [1.82, 2.24) is 10.2 Å². The molecule has 2 heterocycles. The molecule has 5 unspecified atom stereocenters. The smallest absolute Gasteiger partial charge is 0.241 e. The Labute approximate surface area is 232 Å². The number of rotatable bonds is 4. The van der Waals surface area contributed by atoms with Crippen molar-refractivity contribution in [3.8, 4) is 0 Å². The Kier molecular flexibility index (Phi) is 8.79. The molecule has 8 heteroatoms. The number of halogens is 2. The lowest BCUT2D eigenvalue weighted by Crippen LogP contribution is -2.62. The monoisotopic (exact) mass is 544 g/mol. The molecule has 4 fully saturated rings. The van der Waals surface area contributed by atoms with Crippen molar-refractivity contribution in [2.45, 2.75) is 102 Å². The van der Waals surface area contributed by atoms with Gasteiger partial charge in [0.1, 0.15) is 12.0 Å². The Balaban J connectivity index is 1.32. The molecule has 216 valence electrons. The molecule has 39 heavy (non-hydrogen) atoms. The van der Waals surface area contributed by atoms with E-state index >= 15 is 4.39 Å². The molecular formula is C31H46F2N4O2. The van der Waals surface area contributed by atoms with E-state index in [-0.39, 0.29) is 23.3 Å². The topological polar surface area (TPSA) is 64.7 Å². The molecule has 1 aromatic carbocycles. The van der Waals surface area contributed by atoms with Gasteiger partial charge in [-0.15, -0.1) is 0 Å². The summed E-state index contributed by atoms with van der Waals surface area (Å²) in [5, 5.41) is 6.73. The van der Waals surface area contributed by atoms with Crippen molar-refractivity contribution in [1.29, 1.82) is 0 Å². The molecule has 2 N–H and O–H groups in total. The lowest BCUT2D eigenvalue weighted by molar-refractivity contribution is -0.129. The fourth-order valence-electron chi connectivity index (χ4n) is 8.16. The standard InChI is InChI=1S/C31H46F2N4O2/c1-21-11-12-28(33)27-20-29(35-31(21,27)23-9-7-5-3-4-6-8-10-23)30(39)34-25-17-24(32)18-26(19-25)37-15-13-36(14-16-37)22(2)38/h17-19,21,23,27-29,35H,3-16,20H2,1-2H3,(H,34,39). The van der Waals surface area contributed by atoms with Crippen molar-refractivity contribution < 1.29 is 18.4 Å². The van der Waals surface area contributed by atoms with Gasteiger partial charge in [-0.25, -0.2) is 8.78 Å². The summed E-state index contributed by atoms with van der Waals surface area (Å²) in [6.07, 6.45) is 10.6. The molecule has 2 amide bonds. The average molecular weight is 545 g/mol. The quantitative estimate of drug-likeness (QED) is 0.513. The summed E-state index contributed by atoms with van der Waals surface area (Å²) in [6, 6.07) is 4.14. The van der Waals surface area contributed by atoms with Crippen LogP contribution in [0.3, 0.4) is 0 Å². The summed E-state index contributed by atoms with van der Waals surface area (Å²) in [5.74, 6) is -0.0464. The normalized spacial score (nSPS) is 32.6. The minimum absolute atomic E-state index is 0.0454. The molecule has 0 spiro atoms. The van der Waals surface area contributed by atoms with Crippen LogP contribution in [0.2, 0.25) is 0 Å². The molecule has 2 aliphatic heterocycles. The fourth-order valence-corrected chi connectivity index (χ4v) is 8.16. The molecule has 2 aliphatic carbocycles. The van der Waals surface area contributed by atoms with E-state index in [0.717, 1.165) is 19.3 Å². The van der Waals surface area contributed by atoms with Gasteiger partial charge in [0.05, 0.1) is 6.04 Å². The summed E-state index contributed by atoms with van der Waals surface area (Å²) in [7, 11) is 0. The molecule has 4 aliphatic rings. The van der Waals surface area contributed by atoms with Crippen LogP contribution in [0.15, 0.2) is 18.2 Å². The predicted octanol–water partition coefficient (Wildman–Crippen LogP) is 5.67. The van der Waals surface area contributed by atoms with E-state index in [4.69, 9.17) is 0 Å². The van der Waals surface area contributed by atoms with Gasteiger partial charge in [0.25, 0.3) is 0 Å². The van der Waals surface area contributed by atoms with E-state index in [1.54, 1.807) is 17.9 Å². The number of alkyl halides is 1. The van der Waals surface area contributed by atoms with Crippen LogP contribution in [0.25, 0.3) is 0 Å². The number of carbonyl (C=O) groups is 2. The van der Waals surface area contributed by atoms with E-state index in [2.05, 4.69) is 17.6 Å². The van der Waals surface area contributed by atoms with Crippen LogP contribution < -0.4 is 15.5 Å². The van der Waals surface area contributed by atoms with Crippen LogP contribution in [0.4, 0.5) is 20.2 Å². The fraction of sp³-hybridized carbons (Fsp3) is 0.742. The zero-order valence-electron chi connectivity index (χ0n) is 23.7. The summed E-state index contributed by atoms with van der Waals surface area (Å²) in [5.41, 5.74) is 0.760. The van der Waals surface area contributed by atoms with E-state index in [1.807, 2.05) is 4.90 Å². The van der Waals surface area contributed by atoms with Crippen LogP contribution in [-0.2, 0) is 9.59 Å². The minimum Gasteiger partial charge on any atom is -0.368 e. The van der Waals surface area contributed by atoms with E-state index < -0.39 is 18.0 Å². The first-order valence-electron chi connectivity index (χ1n) is 15.3. The highest BCUT2D eigenvalue weighted by molar-refractivity contribution is 5.95. The first kappa shape index (κ1) is 28.3. The van der Waals surface area contributed by atoms with Gasteiger partial charge in [0.2, 0.25) is 11.8 Å². The van der Waals surface area contributed by atoms with Gasteiger partial charge in [0.15, 0.2) is 0 Å². The Morgan fingerprint density at radius 1 is 0.949 bits per heavy atom. The second-order valence-electron chi connectivity index (χ2n) is 12.5. The Morgan fingerprint density at radius 2 is 1.62 bits per heavy atom. The van der Waals surface area contributed by atoms with Crippen LogP contribution in [0, 0.1) is 23.6 Å². The number of amides is 2. The lowest BCUT2D eigenvalue weighted by atomic mass is 9.59. The van der Waals surface area contributed by atoms with Crippen molar-refractivity contribution in [2.75, 3.05) is 36.4 Å². The molecule has 0 aromatic heterocycles. The number of nitrogens with zero attached hydrogens (tertiary/aromatic N) is 2. The zero-order valence-corrected chi connectivity index (χ0v) is 23.7. The third-order valence-corrected chi connectivity index (χ3v) is 10.2. The van der Waals surface area contributed by atoms with Crippen molar-refractivity contribution in [3.05, 3.63) is 24.0 Å². The summed E-state index contributed by atoms with van der Waals surface area (Å²) in [4.78, 5) is 29.1. The van der Waals surface area contributed by atoms with E-state index in [1.165, 1.54) is 50.7 Å². The second-order valence-corrected chi connectivity index (χ2v) is 12.5. The van der Waals surface area contributed by atoms with E-state index in [9.17, 15) is 14.0 Å². The van der Waals surface area contributed by atoms with Gasteiger partial charge in [0, 0.05) is 55.9 Å². The largest absolute Gasteiger partial charge is 0.368 e. The predicted molar refractivity (Wildman–Crippen MR) is 151 cm³/mol. The number of anilines is 2. The highest BCUT2D eigenvalue weighted by Crippen LogP contribution is 2.53. The van der Waals surface area contributed by atoms with Gasteiger partial charge in [-0.1, -0.05) is 45.4 Å². The van der Waals surface area contributed by atoms with Crippen LogP contribution in [0.5, 0.6) is 0 Å². The lowest BCUT2D eigenvalue weighted by Gasteiger charge is -2.51. The second kappa shape index (κ2) is 12.1. The molecule has 6 nitrogen and oxygen atoms in total. The van der Waals surface area contributed by atoms with Gasteiger partial charge in [-0.3, -0.25) is 14.9 Å². The van der Waals surface area contributed by atoms with Crippen molar-refractivity contribution in [2.24, 2.45) is 17.8 Å². The molecule has 1 aromatic rings. The maximum absolute atomic E-state index is 15.6. The van der Waals surface area contributed by atoms with Crippen LogP contribution >= 0.6 is 0 Å². The molecule has 5 rings (SSSR count). The minimum atomic E-state index is -0.895. The first-order chi connectivity index (χ1) is 18.8. The number of carbonyl (C=O) groups excluding carboxylic acids is 2. The van der Waals surface area contributed by atoms with Gasteiger partial charge < -0.3 is 15.1 Å². The van der Waals surface area contributed by atoms with Gasteiger partial charge in [-0.05, 0) is 62.1 Å². The van der Waals surface area contributed by atoms with Crippen LogP contribution in [-0.4, -0.2) is 60.6 Å². The number of piperazine rings is 1. The molecule has 2 saturated carbocycles. The zero-order chi connectivity index (χ0) is 27.6. The maximum atomic E-state index is 15.6. The molecule has 5 atom stereocenters. The number of hydrogen-bond acceptors (Lipinski definition) is 4. The maximum Gasteiger partial charge on any atom is 0.241 e. The first-order valence-corrected chi connectivity index (χ1v) is 15.3. The molecule has 0 bridgehead atoms. The van der Waals surface area contributed by atoms with Crippen LogP contribution in [0.1, 0.15) is 84.5 Å². The SMILES string of the molecule is CC(=O)N1CCN(c2cc(F)cc(NC(=O)C3CC4C(F)CCC(C)C4(C4CCCCCCCC4)N3)c2)CC1. The Morgan fingerprint density at radius 3 is 2.28 bits per heavy atom. The third-order valence-electron chi connectivity index (χ3n) is 10.2. The number of nitrogens with one attached hydrogen (secondary N) is 2. The molecular weight excluding hydrogens is 498 g/mol. The Hall–Kier alpha value is -2.22. The van der Waals surface area contributed by atoms with Crippen molar-refractivity contribution >= 4 is 23.2 Å². The number of benzene rings is 1. The number of fused-ring (bicyclic) bond motifs is 1. The molecule has 2 saturated heterocycles. The summed E-state index contributed by atoms with van der Waals surface area (Å²) in [6.45, 7) is 6.22. The highest BCUT2D eigenvalue weighted by atomic mass is 19.1. The average Bonchev–Trinajstić information content (AvgIpc) is 3.39. The Bertz CT molecular complexity index is 1020. The number of hydrogen-bond donors (Lipinski definition) is 2. The molecule has 0 radical (unpaired) electrons. The van der Waals surface area contributed by atoms with Gasteiger partial charge >= 0.3 is 0 Å². The summed E-state index contributed by atoms with van der Waals surface area (Å²) >= 11 is 0. The van der Waals surface area contributed by atoms with Gasteiger partial charge in [-0.2, -0.15) is 0 Å². The highest BCUT2D eigenvalue weighted by Gasteiger charge is 2.59. The van der Waals surface area contributed by atoms with Crippen molar-refractivity contribution in [3.63, 3.8) is 0 Å². The third kappa shape index (κ3) is 5.96. The van der Waals surface area contributed by atoms with E-state index in [0.29, 0.717) is 62.2 Å². The summed E-state index contributed by atoms with van der Waals surface area (Å²) < 4.78 is 30.2.